The average Bonchev–Trinajstić information content (AvgIpc) is 3.22. The van der Waals surface area contributed by atoms with Gasteiger partial charge in [0.1, 0.15) is 0 Å². The van der Waals surface area contributed by atoms with Gasteiger partial charge in [0.2, 0.25) is 11.7 Å². The van der Waals surface area contributed by atoms with Crippen molar-refractivity contribution in [2.24, 2.45) is 0 Å². The van der Waals surface area contributed by atoms with E-state index in [9.17, 15) is 18.0 Å². The van der Waals surface area contributed by atoms with Gasteiger partial charge in [0.25, 0.3) is 5.91 Å². The van der Waals surface area contributed by atoms with E-state index in [2.05, 4.69) is 10.1 Å². The Bertz CT molecular complexity index is 954. The van der Waals surface area contributed by atoms with Crippen LogP contribution in [0.1, 0.15) is 41.6 Å². The maximum Gasteiger partial charge on any atom is 0.416 e. The minimum absolute atomic E-state index is 0.217. The maximum atomic E-state index is 12.8. The van der Waals surface area contributed by atoms with E-state index in [1.165, 1.54) is 12.1 Å². The van der Waals surface area contributed by atoms with Crippen LogP contribution in [0.2, 0.25) is 0 Å². The molecule has 0 radical (unpaired) electrons. The molecule has 0 aliphatic carbocycles. The first kappa shape index (κ1) is 21.5. The average molecular weight is 417 g/mol. The molecule has 1 heterocycles. The number of rotatable bonds is 8. The van der Waals surface area contributed by atoms with Gasteiger partial charge in [-0.3, -0.25) is 4.79 Å². The lowest BCUT2D eigenvalue weighted by Gasteiger charge is -2.22. The van der Waals surface area contributed by atoms with Gasteiger partial charge in [0, 0.05) is 30.6 Å². The van der Waals surface area contributed by atoms with Crippen LogP contribution in [0.15, 0.2) is 59.1 Å². The summed E-state index contributed by atoms with van der Waals surface area (Å²) in [5.41, 5.74) is 0.268. The largest absolute Gasteiger partial charge is 0.416 e. The van der Waals surface area contributed by atoms with Crippen molar-refractivity contribution in [2.45, 2.75) is 32.4 Å². The summed E-state index contributed by atoms with van der Waals surface area (Å²) in [6, 6.07) is 13.7. The smallest absolute Gasteiger partial charge is 0.339 e. The summed E-state index contributed by atoms with van der Waals surface area (Å²) in [5.74, 6) is 0.551. The third-order valence-corrected chi connectivity index (χ3v) is 4.62. The maximum absolute atomic E-state index is 12.8. The number of unbranched alkanes of at least 4 members (excludes halogenated alkanes) is 1. The number of carbonyl (C=O) groups is 1. The number of alkyl halides is 3. The minimum atomic E-state index is -4.43. The normalized spacial score (nSPS) is 11.5. The molecular weight excluding hydrogens is 395 g/mol. The van der Waals surface area contributed by atoms with Gasteiger partial charge in [0.05, 0.1) is 5.56 Å². The highest BCUT2D eigenvalue weighted by atomic mass is 19.4. The molecule has 8 heteroatoms. The summed E-state index contributed by atoms with van der Waals surface area (Å²) in [6.45, 7) is 2.83. The van der Waals surface area contributed by atoms with Gasteiger partial charge >= 0.3 is 6.18 Å². The number of hydrogen-bond donors (Lipinski definition) is 0. The van der Waals surface area contributed by atoms with E-state index < -0.39 is 11.7 Å². The van der Waals surface area contributed by atoms with Crippen LogP contribution in [0.4, 0.5) is 13.2 Å². The van der Waals surface area contributed by atoms with Gasteiger partial charge in [-0.25, -0.2) is 0 Å². The molecule has 0 spiro atoms. The van der Waals surface area contributed by atoms with Crippen LogP contribution in [0.5, 0.6) is 0 Å². The number of aromatic nitrogens is 2. The van der Waals surface area contributed by atoms with Crippen LogP contribution in [0.3, 0.4) is 0 Å². The molecule has 158 valence electrons. The molecule has 30 heavy (non-hydrogen) atoms. The van der Waals surface area contributed by atoms with Gasteiger partial charge in [-0.1, -0.05) is 48.8 Å². The molecule has 1 amide bonds. The summed E-state index contributed by atoms with van der Waals surface area (Å²) < 4.78 is 43.6. The Hall–Kier alpha value is -3.16. The minimum Gasteiger partial charge on any atom is -0.339 e. The van der Waals surface area contributed by atoms with Crippen LogP contribution < -0.4 is 0 Å². The number of hydrogen-bond acceptors (Lipinski definition) is 4. The second-order valence-electron chi connectivity index (χ2n) is 6.85. The molecule has 0 unspecified atom stereocenters. The molecule has 3 rings (SSSR count). The van der Waals surface area contributed by atoms with Crippen LogP contribution in [0, 0.1) is 0 Å². The Labute approximate surface area is 172 Å². The van der Waals surface area contributed by atoms with Crippen molar-refractivity contribution < 1.29 is 22.5 Å². The van der Waals surface area contributed by atoms with Gasteiger partial charge in [0.15, 0.2) is 0 Å². The van der Waals surface area contributed by atoms with Crippen molar-refractivity contribution in [3.05, 3.63) is 71.6 Å². The fourth-order valence-electron chi connectivity index (χ4n) is 2.94. The van der Waals surface area contributed by atoms with Crippen molar-refractivity contribution in [2.75, 3.05) is 13.1 Å². The van der Waals surface area contributed by atoms with Crippen molar-refractivity contribution in [3.8, 4) is 11.4 Å². The first-order chi connectivity index (χ1) is 14.4. The first-order valence-electron chi connectivity index (χ1n) is 9.73. The van der Waals surface area contributed by atoms with Crippen molar-refractivity contribution >= 4 is 5.91 Å². The second kappa shape index (κ2) is 9.56. The van der Waals surface area contributed by atoms with Crippen molar-refractivity contribution in [1.29, 1.82) is 0 Å². The van der Waals surface area contributed by atoms with Gasteiger partial charge in [-0.15, -0.1) is 0 Å². The van der Waals surface area contributed by atoms with E-state index in [1.807, 2.05) is 37.3 Å². The Balaban J connectivity index is 1.68. The second-order valence-corrected chi connectivity index (χ2v) is 6.85. The van der Waals surface area contributed by atoms with Crippen LogP contribution in [-0.4, -0.2) is 34.0 Å². The van der Waals surface area contributed by atoms with E-state index in [-0.39, 0.29) is 11.5 Å². The predicted octanol–water partition coefficient (Wildman–Crippen LogP) is 5.24. The number of carbonyl (C=O) groups excluding carboxylic acids is 1. The molecule has 0 saturated carbocycles. The quantitative estimate of drug-likeness (QED) is 0.503. The lowest BCUT2D eigenvalue weighted by Crippen LogP contribution is -2.34. The molecule has 0 bridgehead atoms. The van der Waals surface area contributed by atoms with Crippen molar-refractivity contribution in [1.82, 2.24) is 15.0 Å². The fraction of sp³-hybridized carbons (Fsp3) is 0.318. The third-order valence-electron chi connectivity index (χ3n) is 4.62. The lowest BCUT2D eigenvalue weighted by molar-refractivity contribution is -0.137. The topological polar surface area (TPSA) is 59.2 Å². The van der Waals surface area contributed by atoms with E-state index in [0.29, 0.717) is 31.2 Å². The Morgan fingerprint density at radius 2 is 1.73 bits per heavy atom. The highest BCUT2D eigenvalue weighted by Gasteiger charge is 2.30. The van der Waals surface area contributed by atoms with E-state index in [0.717, 1.165) is 30.5 Å². The molecule has 1 aromatic heterocycles. The molecular formula is C22H22F3N3O2. The van der Waals surface area contributed by atoms with Crippen LogP contribution in [0.25, 0.3) is 11.4 Å². The highest BCUT2D eigenvalue weighted by Crippen LogP contribution is 2.29. The first-order valence-corrected chi connectivity index (χ1v) is 9.73. The molecule has 0 fully saturated rings. The summed E-state index contributed by atoms with van der Waals surface area (Å²) in [6.07, 6.45) is -2.41. The number of halogens is 3. The SMILES string of the molecule is CCCCN(CCc1nc(-c2ccccc2)no1)C(=O)c1ccc(C(F)(F)F)cc1. The summed E-state index contributed by atoms with van der Waals surface area (Å²) in [4.78, 5) is 18.8. The molecule has 2 aromatic carbocycles. The zero-order valence-corrected chi connectivity index (χ0v) is 16.5. The molecule has 0 atom stereocenters. The van der Waals surface area contributed by atoms with Crippen LogP contribution >= 0.6 is 0 Å². The van der Waals surface area contributed by atoms with Gasteiger partial charge in [-0.05, 0) is 30.7 Å². The Kier molecular flexibility index (Phi) is 6.87. The van der Waals surface area contributed by atoms with Gasteiger partial charge < -0.3 is 9.42 Å². The fourth-order valence-corrected chi connectivity index (χ4v) is 2.94. The number of benzene rings is 2. The van der Waals surface area contributed by atoms with Crippen LogP contribution in [-0.2, 0) is 12.6 Å². The summed E-state index contributed by atoms with van der Waals surface area (Å²) in [7, 11) is 0. The molecule has 5 nitrogen and oxygen atoms in total. The number of amides is 1. The third kappa shape index (κ3) is 5.46. The van der Waals surface area contributed by atoms with Crippen molar-refractivity contribution in [3.63, 3.8) is 0 Å². The molecule has 3 aromatic rings. The predicted molar refractivity (Wildman–Crippen MR) is 106 cm³/mol. The van der Waals surface area contributed by atoms with E-state index in [1.54, 1.807) is 4.90 Å². The zero-order valence-electron chi connectivity index (χ0n) is 16.5. The number of nitrogens with zero attached hydrogens (tertiary/aromatic N) is 3. The van der Waals surface area contributed by atoms with E-state index >= 15 is 0 Å². The molecule has 0 aliphatic rings. The van der Waals surface area contributed by atoms with E-state index in [4.69, 9.17) is 4.52 Å². The zero-order chi connectivity index (χ0) is 21.6. The highest BCUT2D eigenvalue weighted by molar-refractivity contribution is 5.94. The Morgan fingerprint density at radius 1 is 1.03 bits per heavy atom. The van der Waals surface area contributed by atoms with Gasteiger partial charge in [-0.2, -0.15) is 18.2 Å². The summed E-state index contributed by atoms with van der Waals surface area (Å²) >= 11 is 0. The standard InChI is InChI=1S/C22H22F3N3O2/c1-2-3-14-28(21(29)17-9-11-18(12-10-17)22(23,24)25)15-13-19-26-20(27-30-19)16-7-5-4-6-8-16/h4-12H,2-3,13-15H2,1H3. The monoisotopic (exact) mass is 417 g/mol. The Morgan fingerprint density at radius 3 is 2.37 bits per heavy atom. The molecule has 0 saturated heterocycles. The summed E-state index contributed by atoms with van der Waals surface area (Å²) in [5, 5.41) is 3.97. The lowest BCUT2D eigenvalue weighted by atomic mass is 10.1. The molecule has 0 aliphatic heterocycles. The molecule has 0 N–H and O–H groups in total.